The highest BCUT2D eigenvalue weighted by Gasteiger charge is 2.12. The Kier molecular flexibility index (Phi) is 2.11. The molecule has 0 saturated heterocycles. The second kappa shape index (κ2) is 3.61. The molecule has 0 unspecified atom stereocenters. The van der Waals surface area contributed by atoms with Crippen molar-refractivity contribution in [2.45, 2.75) is 5.88 Å². The van der Waals surface area contributed by atoms with E-state index in [4.69, 9.17) is 11.6 Å². The number of halogens is 1. The largest absolute Gasteiger partial charge is 0.301 e. The number of rotatable bonds is 2. The van der Waals surface area contributed by atoms with Crippen LogP contribution in [0, 0.1) is 0 Å². The Bertz CT molecular complexity index is 613. The summed E-state index contributed by atoms with van der Waals surface area (Å²) in [6.45, 7) is 0. The molecule has 0 amide bonds. The predicted molar refractivity (Wildman–Crippen MR) is 59.7 cm³/mol. The summed E-state index contributed by atoms with van der Waals surface area (Å²) in [4.78, 5) is 8.37. The van der Waals surface area contributed by atoms with Crippen molar-refractivity contribution >= 4 is 17.2 Å². The molecule has 0 aliphatic carbocycles. The Morgan fingerprint density at radius 2 is 2.25 bits per heavy atom. The quantitative estimate of drug-likeness (QED) is 0.633. The van der Waals surface area contributed by atoms with Gasteiger partial charge in [0.25, 0.3) is 0 Å². The Labute approximate surface area is 96.3 Å². The van der Waals surface area contributed by atoms with Crippen LogP contribution in [-0.2, 0) is 5.88 Å². The Morgan fingerprint density at radius 1 is 1.31 bits per heavy atom. The zero-order chi connectivity index (χ0) is 11.0. The number of nitrogens with zero attached hydrogens (tertiary/aromatic N) is 5. The molecule has 3 aromatic heterocycles. The number of alkyl halides is 1. The number of imidazole rings is 1. The van der Waals surface area contributed by atoms with Crippen molar-refractivity contribution < 1.29 is 0 Å². The van der Waals surface area contributed by atoms with E-state index in [0.29, 0.717) is 5.88 Å². The number of fused-ring (bicyclic) bond motifs is 1. The van der Waals surface area contributed by atoms with Gasteiger partial charge in [-0.1, -0.05) is 6.07 Å². The summed E-state index contributed by atoms with van der Waals surface area (Å²) in [7, 11) is 0. The van der Waals surface area contributed by atoms with Crippen LogP contribution in [-0.4, -0.2) is 24.1 Å². The molecule has 0 N–H and O–H groups in total. The monoisotopic (exact) mass is 233 g/mol. The van der Waals surface area contributed by atoms with E-state index in [1.54, 1.807) is 11.0 Å². The summed E-state index contributed by atoms with van der Waals surface area (Å²) < 4.78 is 3.56. The van der Waals surface area contributed by atoms with Crippen molar-refractivity contribution in [3.8, 4) is 5.82 Å². The van der Waals surface area contributed by atoms with Crippen molar-refractivity contribution in [3.05, 3.63) is 42.7 Å². The van der Waals surface area contributed by atoms with E-state index in [2.05, 4.69) is 15.1 Å². The predicted octanol–water partition coefficient (Wildman–Crippen LogP) is 1.65. The number of hydrogen-bond donors (Lipinski definition) is 0. The molecule has 0 aliphatic rings. The maximum atomic E-state index is 5.95. The third-order valence-corrected chi connectivity index (χ3v) is 2.62. The summed E-state index contributed by atoms with van der Waals surface area (Å²) in [5.41, 5.74) is 1.76. The van der Waals surface area contributed by atoms with E-state index in [0.717, 1.165) is 17.2 Å². The first-order chi connectivity index (χ1) is 7.90. The molecule has 0 aliphatic heterocycles. The molecule has 6 heteroatoms. The lowest BCUT2D eigenvalue weighted by Gasteiger charge is -1.99. The van der Waals surface area contributed by atoms with Gasteiger partial charge in [0.1, 0.15) is 18.3 Å². The van der Waals surface area contributed by atoms with E-state index < -0.39 is 0 Å². The van der Waals surface area contributed by atoms with E-state index in [1.165, 1.54) is 6.33 Å². The third-order valence-electron chi connectivity index (χ3n) is 2.37. The summed E-state index contributed by atoms with van der Waals surface area (Å²) in [6, 6.07) is 5.80. The highest BCUT2D eigenvalue weighted by atomic mass is 35.5. The lowest BCUT2D eigenvalue weighted by atomic mass is 10.4. The summed E-state index contributed by atoms with van der Waals surface area (Å²) in [5.74, 6) is 1.10. The minimum atomic E-state index is 0.375. The first kappa shape index (κ1) is 9.35. The van der Waals surface area contributed by atoms with Crippen LogP contribution in [0.25, 0.3) is 11.5 Å². The highest BCUT2D eigenvalue weighted by Crippen LogP contribution is 2.17. The fraction of sp³-hybridized carbons (Fsp3) is 0.100. The summed E-state index contributed by atoms with van der Waals surface area (Å²) in [5, 5.41) is 4.06. The zero-order valence-corrected chi connectivity index (χ0v) is 9.04. The smallest absolute Gasteiger partial charge is 0.178 e. The van der Waals surface area contributed by atoms with Gasteiger partial charge in [0, 0.05) is 6.20 Å². The lowest BCUT2D eigenvalue weighted by molar-refractivity contribution is 0.841. The van der Waals surface area contributed by atoms with Crippen molar-refractivity contribution in [2.75, 3.05) is 0 Å². The van der Waals surface area contributed by atoms with Crippen LogP contribution in [0.1, 0.15) is 5.69 Å². The van der Waals surface area contributed by atoms with E-state index in [9.17, 15) is 0 Å². The average molecular weight is 234 g/mol. The number of hydrogen-bond acceptors (Lipinski definition) is 3. The van der Waals surface area contributed by atoms with Crippen LogP contribution in [0.4, 0.5) is 0 Å². The van der Waals surface area contributed by atoms with E-state index >= 15 is 0 Å². The average Bonchev–Trinajstić information content (AvgIpc) is 2.95. The van der Waals surface area contributed by atoms with E-state index in [1.807, 2.05) is 28.8 Å². The van der Waals surface area contributed by atoms with Gasteiger partial charge in [-0.3, -0.25) is 0 Å². The molecular formula is C10H8ClN5. The molecular weight excluding hydrogens is 226 g/mol. The molecule has 0 saturated carbocycles. The SMILES string of the molecule is ClCc1c(-n2cncn2)nc2ccccn12. The first-order valence-electron chi connectivity index (χ1n) is 4.77. The fourth-order valence-electron chi connectivity index (χ4n) is 1.66. The van der Waals surface area contributed by atoms with Crippen LogP contribution >= 0.6 is 11.6 Å². The zero-order valence-electron chi connectivity index (χ0n) is 8.29. The second-order valence-corrected chi connectivity index (χ2v) is 3.55. The van der Waals surface area contributed by atoms with Gasteiger partial charge in [0.05, 0.1) is 11.6 Å². The Morgan fingerprint density at radius 3 is 3.00 bits per heavy atom. The van der Waals surface area contributed by atoms with Gasteiger partial charge >= 0.3 is 0 Å². The second-order valence-electron chi connectivity index (χ2n) is 3.28. The van der Waals surface area contributed by atoms with Crippen LogP contribution < -0.4 is 0 Å². The van der Waals surface area contributed by atoms with Crippen LogP contribution in [0.15, 0.2) is 37.1 Å². The lowest BCUT2D eigenvalue weighted by Crippen LogP contribution is -1.99. The van der Waals surface area contributed by atoms with Crippen molar-refractivity contribution in [1.82, 2.24) is 24.1 Å². The highest BCUT2D eigenvalue weighted by molar-refractivity contribution is 6.17. The topological polar surface area (TPSA) is 48.0 Å². The summed E-state index contributed by atoms with van der Waals surface area (Å²) in [6.07, 6.45) is 5.01. The molecule has 3 rings (SSSR count). The minimum absolute atomic E-state index is 0.375. The summed E-state index contributed by atoms with van der Waals surface area (Å²) >= 11 is 5.95. The standard InChI is InChI=1S/C10H8ClN5/c11-5-8-10(16-7-12-6-13-16)14-9-3-1-2-4-15(8)9/h1-4,6-7H,5H2. The van der Waals surface area contributed by atoms with Gasteiger partial charge < -0.3 is 4.40 Å². The van der Waals surface area contributed by atoms with Crippen molar-refractivity contribution in [2.24, 2.45) is 0 Å². The van der Waals surface area contributed by atoms with Gasteiger partial charge in [-0.05, 0) is 12.1 Å². The van der Waals surface area contributed by atoms with Gasteiger partial charge in [-0.2, -0.15) is 5.10 Å². The molecule has 0 bridgehead atoms. The molecule has 16 heavy (non-hydrogen) atoms. The molecule has 0 radical (unpaired) electrons. The Balaban J connectivity index is 2.32. The first-order valence-corrected chi connectivity index (χ1v) is 5.30. The molecule has 0 spiro atoms. The van der Waals surface area contributed by atoms with Crippen LogP contribution in [0.5, 0.6) is 0 Å². The molecule has 3 heterocycles. The van der Waals surface area contributed by atoms with Crippen LogP contribution in [0.3, 0.4) is 0 Å². The molecule has 80 valence electrons. The fourth-order valence-corrected chi connectivity index (χ4v) is 1.91. The van der Waals surface area contributed by atoms with Gasteiger partial charge in [0.15, 0.2) is 5.82 Å². The molecule has 0 fully saturated rings. The molecule has 0 aromatic carbocycles. The molecule has 5 nitrogen and oxygen atoms in total. The van der Waals surface area contributed by atoms with Crippen molar-refractivity contribution in [3.63, 3.8) is 0 Å². The van der Waals surface area contributed by atoms with Gasteiger partial charge in [-0.15, -0.1) is 11.6 Å². The van der Waals surface area contributed by atoms with Crippen molar-refractivity contribution in [1.29, 1.82) is 0 Å². The van der Waals surface area contributed by atoms with Crippen LogP contribution in [0.2, 0.25) is 0 Å². The maximum Gasteiger partial charge on any atom is 0.178 e. The maximum absolute atomic E-state index is 5.95. The van der Waals surface area contributed by atoms with Gasteiger partial charge in [0.2, 0.25) is 0 Å². The normalized spacial score (nSPS) is 11.1. The minimum Gasteiger partial charge on any atom is -0.301 e. The van der Waals surface area contributed by atoms with Gasteiger partial charge in [-0.25, -0.2) is 14.6 Å². The number of pyridine rings is 1. The van der Waals surface area contributed by atoms with E-state index in [-0.39, 0.29) is 0 Å². The number of aromatic nitrogens is 5. The molecule has 0 atom stereocenters. The molecule has 3 aromatic rings. The third kappa shape index (κ3) is 1.29. The Hall–Kier alpha value is -1.88.